The predicted octanol–water partition coefficient (Wildman–Crippen LogP) is 2.97. The third-order valence-electron chi connectivity index (χ3n) is 5.26. The summed E-state index contributed by atoms with van der Waals surface area (Å²) in [7, 11) is 0. The van der Waals surface area contributed by atoms with Crippen molar-refractivity contribution in [3.63, 3.8) is 0 Å². The highest BCUT2D eigenvalue weighted by molar-refractivity contribution is 14.0. The van der Waals surface area contributed by atoms with E-state index in [4.69, 9.17) is 0 Å². The van der Waals surface area contributed by atoms with E-state index in [1.165, 1.54) is 17.7 Å². The SMILES string of the molecule is CCNC(=NCC(=O)NC1CC1)NCC(c1cccs1)N1CCC(C)CC1.I. The minimum atomic E-state index is 0. The van der Waals surface area contributed by atoms with E-state index in [1.54, 1.807) is 0 Å². The average Bonchev–Trinajstić information content (AvgIpc) is 3.30. The van der Waals surface area contributed by atoms with Crippen LogP contribution in [0.3, 0.4) is 0 Å². The standard InChI is InChI=1S/C20H33N5OS.HI/c1-3-21-20(23-14-19(26)24-16-6-7-16)22-13-17(18-5-4-12-27-18)25-10-8-15(2)9-11-25;/h4-5,12,15-17H,3,6-11,13-14H2,1-2H3,(H,24,26)(H2,21,22,23);1H. The minimum Gasteiger partial charge on any atom is -0.357 e. The van der Waals surface area contributed by atoms with E-state index in [-0.39, 0.29) is 36.4 Å². The number of likely N-dealkylation sites (tertiary alicyclic amines) is 1. The molecule has 1 aliphatic carbocycles. The fraction of sp³-hybridized carbons (Fsp3) is 0.700. The number of amides is 1. The maximum atomic E-state index is 11.9. The molecule has 1 aromatic rings. The number of guanidine groups is 1. The molecule has 1 aromatic heterocycles. The summed E-state index contributed by atoms with van der Waals surface area (Å²) in [5.74, 6) is 1.55. The lowest BCUT2D eigenvalue weighted by atomic mass is 9.97. The van der Waals surface area contributed by atoms with Gasteiger partial charge in [0.25, 0.3) is 0 Å². The first-order valence-electron chi connectivity index (χ1n) is 10.2. The Morgan fingerprint density at radius 3 is 2.64 bits per heavy atom. The van der Waals surface area contributed by atoms with Gasteiger partial charge in [0.05, 0.1) is 6.04 Å². The number of aliphatic imine (C=N–C) groups is 1. The van der Waals surface area contributed by atoms with Gasteiger partial charge in [-0.05, 0) is 63.1 Å². The number of halogens is 1. The number of piperidine rings is 1. The van der Waals surface area contributed by atoms with Gasteiger partial charge in [-0.1, -0.05) is 13.0 Å². The first-order chi connectivity index (χ1) is 13.2. The van der Waals surface area contributed by atoms with Crippen molar-refractivity contribution in [3.05, 3.63) is 22.4 Å². The van der Waals surface area contributed by atoms with Gasteiger partial charge < -0.3 is 16.0 Å². The van der Waals surface area contributed by atoms with Crippen LogP contribution in [0.1, 0.15) is 50.4 Å². The predicted molar refractivity (Wildman–Crippen MR) is 128 cm³/mol. The third-order valence-corrected chi connectivity index (χ3v) is 6.23. The van der Waals surface area contributed by atoms with Gasteiger partial charge in [0.1, 0.15) is 6.54 Å². The molecule has 1 atom stereocenters. The van der Waals surface area contributed by atoms with Gasteiger partial charge in [-0.2, -0.15) is 0 Å². The highest BCUT2D eigenvalue weighted by Crippen LogP contribution is 2.29. The molecule has 0 aromatic carbocycles. The fourth-order valence-corrected chi connectivity index (χ4v) is 4.28. The molecule has 158 valence electrons. The van der Waals surface area contributed by atoms with Crippen molar-refractivity contribution in [1.29, 1.82) is 0 Å². The molecule has 1 unspecified atom stereocenters. The lowest BCUT2D eigenvalue weighted by molar-refractivity contribution is -0.119. The van der Waals surface area contributed by atoms with Crippen molar-refractivity contribution >= 4 is 47.2 Å². The van der Waals surface area contributed by atoms with E-state index in [0.29, 0.717) is 12.1 Å². The zero-order valence-corrected chi connectivity index (χ0v) is 20.1. The molecule has 1 saturated carbocycles. The molecule has 0 bridgehead atoms. The molecule has 28 heavy (non-hydrogen) atoms. The second-order valence-electron chi connectivity index (χ2n) is 7.67. The van der Waals surface area contributed by atoms with Crippen LogP contribution in [0.5, 0.6) is 0 Å². The van der Waals surface area contributed by atoms with Crippen LogP contribution in [0.2, 0.25) is 0 Å². The third kappa shape index (κ3) is 7.51. The maximum absolute atomic E-state index is 11.9. The zero-order chi connectivity index (χ0) is 19.1. The highest BCUT2D eigenvalue weighted by atomic mass is 127. The van der Waals surface area contributed by atoms with Gasteiger partial charge in [0, 0.05) is 24.0 Å². The van der Waals surface area contributed by atoms with Crippen LogP contribution in [-0.4, -0.2) is 55.5 Å². The van der Waals surface area contributed by atoms with Gasteiger partial charge >= 0.3 is 0 Å². The van der Waals surface area contributed by atoms with Gasteiger partial charge in [0.15, 0.2) is 5.96 Å². The molecule has 3 N–H and O–H groups in total. The van der Waals surface area contributed by atoms with E-state index in [9.17, 15) is 4.79 Å². The first kappa shape index (κ1) is 23.4. The van der Waals surface area contributed by atoms with E-state index >= 15 is 0 Å². The first-order valence-corrected chi connectivity index (χ1v) is 11.1. The van der Waals surface area contributed by atoms with Gasteiger partial charge in [-0.25, -0.2) is 4.99 Å². The Kier molecular flexibility index (Phi) is 10.0. The molecule has 8 heteroatoms. The Morgan fingerprint density at radius 2 is 2.04 bits per heavy atom. The number of hydrogen-bond donors (Lipinski definition) is 3. The van der Waals surface area contributed by atoms with E-state index in [2.05, 4.69) is 50.3 Å². The largest absolute Gasteiger partial charge is 0.357 e. The lowest BCUT2D eigenvalue weighted by Crippen LogP contribution is -2.45. The summed E-state index contributed by atoms with van der Waals surface area (Å²) in [5.41, 5.74) is 0. The number of nitrogens with one attached hydrogen (secondary N) is 3. The van der Waals surface area contributed by atoms with E-state index in [1.807, 2.05) is 18.3 Å². The summed E-state index contributed by atoms with van der Waals surface area (Å²) in [6.07, 6.45) is 4.73. The van der Waals surface area contributed by atoms with Crippen molar-refractivity contribution in [2.24, 2.45) is 10.9 Å². The Morgan fingerprint density at radius 1 is 1.29 bits per heavy atom. The Labute approximate surface area is 190 Å². The lowest BCUT2D eigenvalue weighted by Gasteiger charge is -2.36. The summed E-state index contributed by atoms with van der Waals surface area (Å²) in [6, 6.07) is 5.08. The molecule has 6 nitrogen and oxygen atoms in total. The molecule has 2 aliphatic rings. The average molecular weight is 519 g/mol. The number of nitrogens with zero attached hydrogens (tertiary/aromatic N) is 2. The molecule has 0 spiro atoms. The number of rotatable bonds is 8. The normalized spacial score (nSPS) is 19.6. The van der Waals surface area contributed by atoms with E-state index in [0.717, 1.165) is 50.9 Å². The van der Waals surface area contributed by atoms with Crippen LogP contribution in [0.4, 0.5) is 0 Å². The second-order valence-corrected chi connectivity index (χ2v) is 8.65. The smallest absolute Gasteiger partial charge is 0.242 e. The van der Waals surface area contributed by atoms with Crippen LogP contribution in [-0.2, 0) is 4.79 Å². The molecule has 2 heterocycles. The Balaban J connectivity index is 0.00000280. The molecule has 2 fully saturated rings. The zero-order valence-electron chi connectivity index (χ0n) is 16.9. The van der Waals surface area contributed by atoms with Gasteiger partial charge in [0.2, 0.25) is 5.91 Å². The van der Waals surface area contributed by atoms with Crippen molar-refractivity contribution in [2.75, 3.05) is 32.7 Å². The van der Waals surface area contributed by atoms with Crippen LogP contribution in [0.25, 0.3) is 0 Å². The van der Waals surface area contributed by atoms with Crippen molar-refractivity contribution < 1.29 is 4.79 Å². The summed E-state index contributed by atoms with van der Waals surface area (Å²) in [5, 5.41) is 11.9. The summed E-state index contributed by atoms with van der Waals surface area (Å²) in [4.78, 5) is 20.4. The van der Waals surface area contributed by atoms with Crippen LogP contribution in [0.15, 0.2) is 22.5 Å². The maximum Gasteiger partial charge on any atom is 0.242 e. The van der Waals surface area contributed by atoms with E-state index < -0.39 is 0 Å². The molecule has 1 aliphatic heterocycles. The quantitative estimate of drug-likeness (QED) is 0.281. The molecular weight excluding hydrogens is 485 g/mol. The summed E-state index contributed by atoms with van der Waals surface area (Å²) in [6.45, 7) is 8.43. The monoisotopic (exact) mass is 519 g/mol. The van der Waals surface area contributed by atoms with Crippen molar-refractivity contribution in [3.8, 4) is 0 Å². The van der Waals surface area contributed by atoms with Crippen LogP contribution >= 0.6 is 35.3 Å². The Bertz CT molecular complexity index is 612. The fourth-order valence-electron chi connectivity index (χ4n) is 3.42. The number of hydrogen-bond acceptors (Lipinski definition) is 4. The van der Waals surface area contributed by atoms with Crippen LogP contribution in [0, 0.1) is 5.92 Å². The topological polar surface area (TPSA) is 68.8 Å². The van der Waals surface area contributed by atoms with Gasteiger partial charge in [-0.15, -0.1) is 35.3 Å². The van der Waals surface area contributed by atoms with Crippen LogP contribution < -0.4 is 16.0 Å². The van der Waals surface area contributed by atoms with Crippen molar-refractivity contribution in [1.82, 2.24) is 20.9 Å². The molecular formula is C20H34IN5OS. The number of carbonyl (C=O) groups excluding carboxylic acids is 1. The van der Waals surface area contributed by atoms with Gasteiger partial charge in [-0.3, -0.25) is 9.69 Å². The molecule has 1 saturated heterocycles. The second kappa shape index (κ2) is 12.0. The minimum absolute atomic E-state index is 0. The number of carbonyl (C=O) groups is 1. The number of thiophene rings is 1. The molecule has 0 radical (unpaired) electrons. The summed E-state index contributed by atoms with van der Waals surface area (Å²) >= 11 is 1.82. The van der Waals surface area contributed by atoms with Crippen molar-refractivity contribution in [2.45, 2.75) is 51.6 Å². The Hall–Kier alpha value is -0.870. The highest BCUT2D eigenvalue weighted by Gasteiger charge is 2.26. The molecule has 1 amide bonds. The summed E-state index contributed by atoms with van der Waals surface area (Å²) < 4.78 is 0. The molecule has 3 rings (SSSR count).